The molecule has 0 radical (unpaired) electrons. The van der Waals surface area contributed by atoms with Gasteiger partial charge in [-0.15, -0.1) is 0 Å². The molecule has 2 aliphatic rings. The van der Waals surface area contributed by atoms with Gasteiger partial charge in [-0.05, 0) is 44.9 Å². The van der Waals surface area contributed by atoms with Gasteiger partial charge in [-0.2, -0.15) is 5.10 Å². The zero-order chi connectivity index (χ0) is 16.9. The van der Waals surface area contributed by atoms with Gasteiger partial charge < -0.3 is 4.74 Å². The molecule has 23 heavy (non-hydrogen) atoms. The lowest BCUT2D eigenvalue weighted by atomic mass is 9.85. The summed E-state index contributed by atoms with van der Waals surface area (Å²) in [4.78, 5) is 12.3. The van der Waals surface area contributed by atoms with E-state index in [1.54, 1.807) is 25.6 Å². The van der Waals surface area contributed by atoms with Crippen molar-refractivity contribution in [1.29, 1.82) is 0 Å². The molecule has 2 saturated carbocycles. The smallest absolute Gasteiger partial charge is 0.310 e. The Morgan fingerprint density at radius 2 is 1.96 bits per heavy atom. The van der Waals surface area contributed by atoms with Crippen LogP contribution in [0.5, 0.6) is 0 Å². The van der Waals surface area contributed by atoms with E-state index < -0.39 is 10.0 Å². The summed E-state index contributed by atoms with van der Waals surface area (Å²) in [6.07, 6.45) is 2.81. The van der Waals surface area contributed by atoms with E-state index in [0.717, 1.165) is 19.3 Å². The van der Waals surface area contributed by atoms with E-state index in [1.165, 1.54) is 7.11 Å². The van der Waals surface area contributed by atoms with Gasteiger partial charge in [-0.3, -0.25) is 9.48 Å². The zero-order valence-corrected chi connectivity index (χ0v) is 14.7. The van der Waals surface area contributed by atoms with Crippen molar-refractivity contribution in [1.82, 2.24) is 14.5 Å². The standard InChI is InChI=1S/C15H23N3O4S/c1-8-14(9(2)18(3)16-8)23(20,21)17-13-11-6-5-10(7-11)12(13)15(19)22-4/h10-13,17H,5-7H2,1-4H3/t10-,11-,12+,13-/m0/s1. The minimum Gasteiger partial charge on any atom is -0.469 e. The Balaban J connectivity index is 1.92. The molecule has 0 aliphatic heterocycles. The highest BCUT2D eigenvalue weighted by molar-refractivity contribution is 7.89. The van der Waals surface area contributed by atoms with Crippen LogP contribution >= 0.6 is 0 Å². The number of carbonyl (C=O) groups is 1. The van der Waals surface area contributed by atoms with E-state index in [2.05, 4.69) is 9.82 Å². The van der Waals surface area contributed by atoms with Crippen molar-refractivity contribution in [3.8, 4) is 0 Å². The van der Waals surface area contributed by atoms with Crippen molar-refractivity contribution in [3.63, 3.8) is 0 Å². The van der Waals surface area contributed by atoms with Crippen molar-refractivity contribution in [2.75, 3.05) is 7.11 Å². The Hall–Kier alpha value is -1.41. The highest BCUT2D eigenvalue weighted by Crippen LogP contribution is 2.49. The van der Waals surface area contributed by atoms with Crippen molar-refractivity contribution in [3.05, 3.63) is 11.4 Å². The second-order valence-electron chi connectivity index (χ2n) is 6.65. The molecular weight excluding hydrogens is 318 g/mol. The summed E-state index contributed by atoms with van der Waals surface area (Å²) in [5.74, 6) is -0.275. The summed E-state index contributed by atoms with van der Waals surface area (Å²) in [6, 6.07) is -0.384. The molecule has 1 heterocycles. The second-order valence-corrected chi connectivity index (χ2v) is 8.30. The first-order valence-corrected chi connectivity index (χ1v) is 9.35. The van der Waals surface area contributed by atoms with Gasteiger partial charge in [0.05, 0.1) is 24.4 Å². The number of methoxy groups -OCH3 is 1. The molecule has 128 valence electrons. The monoisotopic (exact) mass is 341 g/mol. The Kier molecular flexibility index (Phi) is 4.00. The summed E-state index contributed by atoms with van der Waals surface area (Å²) >= 11 is 0. The number of nitrogens with zero attached hydrogens (tertiary/aromatic N) is 2. The van der Waals surface area contributed by atoms with E-state index in [1.807, 2.05) is 0 Å². The Morgan fingerprint density at radius 3 is 2.52 bits per heavy atom. The summed E-state index contributed by atoms with van der Waals surface area (Å²) in [6.45, 7) is 3.41. The molecule has 3 rings (SSSR count). The number of aromatic nitrogens is 2. The molecule has 2 fully saturated rings. The van der Waals surface area contributed by atoms with Crippen molar-refractivity contribution < 1.29 is 17.9 Å². The number of esters is 1. The van der Waals surface area contributed by atoms with Crippen LogP contribution in [0.15, 0.2) is 4.90 Å². The molecule has 7 nitrogen and oxygen atoms in total. The molecule has 1 aromatic rings. The molecule has 1 N–H and O–H groups in total. The third-order valence-corrected chi connectivity index (χ3v) is 7.10. The third kappa shape index (κ3) is 2.57. The van der Waals surface area contributed by atoms with Gasteiger partial charge in [0.25, 0.3) is 0 Å². The molecule has 1 aromatic heterocycles. The van der Waals surface area contributed by atoms with Crippen LogP contribution in [0.1, 0.15) is 30.7 Å². The number of fused-ring (bicyclic) bond motifs is 2. The predicted molar refractivity (Wildman–Crippen MR) is 83.1 cm³/mol. The quantitative estimate of drug-likeness (QED) is 0.822. The molecule has 0 unspecified atom stereocenters. The maximum atomic E-state index is 12.9. The van der Waals surface area contributed by atoms with E-state index >= 15 is 0 Å². The van der Waals surface area contributed by atoms with Crippen LogP contribution in [0.3, 0.4) is 0 Å². The third-order valence-electron chi connectivity index (χ3n) is 5.39. The van der Waals surface area contributed by atoms with E-state index in [4.69, 9.17) is 4.74 Å². The van der Waals surface area contributed by atoms with E-state index in [0.29, 0.717) is 11.4 Å². The average Bonchev–Trinajstić information content (AvgIpc) is 3.12. The summed E-state index contributed by atoms with van der Waals surface area (Å²) in [5.41, 5.74) is 1.06. The number of nitrogens with one attached hydrogen (secondary N) is 1. The number of ether oxygens (including phenoxy) is 1. The van der Waals surface area contributed by atoms with Gasteiger partial charge in [-0.25, -0.2) is 13.1 Å². The number of sulfonamides is 1. The molecule has 0 amide bonds. The minimum atomic E-state index is -3.72. The van der Waals surface area contributed by atoms with Crippen LogP contribution in [0.4, 0.5) is 0 Å². The van der Waals surface area contributed by atoms with Gasteiger partial charge in [0.1, 0.15) is 4.90 Å². The summed E-state index contributed by atoms with van der Waals surface area (Å²) in [5, 5.41) is 4.18. The van der Waals surface area contributed by atoms with Crippen molar-refractivity contribution in [2.24, 2.45) is 24.8 Å². The molecule has 8 heteroatoms. The van der Waals surface area contributed by atoms with Gasteiger partial charge in [0, 0.05) is 13.1 Å². The van der Waals surface area contributed by atoms with Crippen molar-refractivity contribution >= 4 is 16.0 Å². The first kappa shape index (κ1) is 16.4. The molecule has 0 saturated heterocycles. The normalized spacial score (nSPS) is 29.9. The average molecular weight is 341 g/mol. The molecule has 2 aliphatic carbocycles. The predicted octanol–water partition coefficient (Wildman–Crippen LogP) is 0.903. The van der Waals surface area contributed by atoms with Gasteiger partial charge in [0.15, 0.2) is 0 Å². The van der Waals surface area contributed by atoms with Crippen molar-refractivity contribution in [2.45, 2.75) is 44.0 Å². The van der Waals surface area contributed by atoms with Crippen LogP contribution in [-0.2, 0) is 26.6 Å². The topological polar surface area (TPSA) is 90.3 Å². The maximum absolute atomic E-state index is 12.9. The molecule has 4 atom stereocenters. The Bertz CT molecular complexity index is 740. The molecular formula is C15H23N3O4S. The number of carbonyl (C=O) groups excluding carboxylic acids is 1. The lowest BCUT2D eigenvalue weighted by molar-refractivity contribution is -0.148. The number of hydrogen-bond donors (Lipinski definition) is 1. The lowest BCUT2D eigenvalue weighted by Gasteiger charge is -2.29. The molecule has 0 aromatic carbocycles. The van der Waals surface area contributed by atoms with Gasteiger partial charge in [-0.1, -0.05) is 0 Å². The van der Waals surface area contributed by atoms with Crippen LogP contribution in [0.2, 0.25) is 0 Å². The largest absolute Gasteiger partial charge is 0.469 e. The minimum absolute atomic E-state index is 0.205. The number of hydrogen-bond acceptors (Lipinski definition) is 5. The van der Waals surface area contributed by atoms with Crippen LogP contribution in [-0.4, -0.2) is 37.3 Å². The van der Waals surface area contributed by atoms with E-state index in [-0.39, 0.29) is 34.7 Å². The maximum Gasteiger partial charge on any atom is 0.310 e. The van der Waals surface area contributed by atoms with Crippen LogP contribution < -0.4 is 4.72 Å². The second kappa shape index (κ2) is 5.59. The fourth-order valence-corrected chi connectivity index (χ4v) is 6.08. The Labute approximate surface area is 136 Å². The fraction of sp³-hybridized carbons (Fsp3) is 0.733. The van der Waals surface area contributed by atoms with Gasteiger partial charge in [0.2, 0.25) is 10.0 Å². The highest BCUT2D eigenvalue weighted by atomic mass is 32.2. The lowest BCUT2D eigenvalue weighted by Crippen LogP contribution is -2.47. The highest BCUT2D eigenvalue weighted by Gasteiger charge is 2.52. The SMILES string of the molecule is COC(=O)[C@@H]1[C@H]2CC[C@@H](C2)[C@@H]1NS(=O)(=O)c1c(C)nn(C)c1C. The first-order chi connectivity index (χ1) is 10.8. The fourth-order valence-electron chi connectivity index (χ4n) is 4.32. The summed E-state index contributed by atoms with van der Waals surface area (Å²) < 4.78 is 35.0. The number of aryl methyl sites for hydroxylation is 2. The molecule has 2 bridgehead atoms. The van der Waals surface area contributed by atoms with E-state index in [9.17, 15) is 13.2 Å². The van der Waals surface area contributed by atoms with Gasteiger partial charge >= 0.3 is 5.97 Å². The Morgan fingerprint density at radius 1 is 1.30 bits per heavy atom. The number of rotatable bonds is 4. The van der Waals surface area contributed by atoms with Crippen LogP contribution in [0.25, 0.3) is 0 Å². The molecule has 0 spiro atoms. The zero-order valence-electron chi connectivity index (χ0n) is 13.9. The van der Waals surface area contributed by atoms with Crippen LogP contribution in [0, 0.1) is 31.6 Å². The first-order valence-electron chi connectivity index (χ1n) is 7.86. The summed E-state index contributed by atoms with van der Waals surface area (Å²) in [7, 11) is -0.648.